The summed E-state index contributed by atoms with van der Waals surface area (Å²) in [5.74, 6) is -2.00. The van der Waals surface area contributed by atoms with Crippen LogP contribution in [-0.4, -0.2) is 165 Å². The lowest BCUT2D eigenvalue weighted by atomic mass is 9.97. The molecule has 4 rings (SSSR count). The van der Waals surface area contributed by atoms with Crippen molar-refractivity contribution in [2.24, 2.45) is 0 Å². The van der Waals surface area contributed by atoms with Crippen LogP contribution in [0.15, 0.2) is 36.7 Å². The largest absolute Gasteiger partial charge is 0.394 e. The molecule has 2 aromatic heterocycles. The Morgan fingerprint density at radius 2 is 1.06 bits per heavy atom. The SMILES string of the molecule is CC(=O)N[C@H]1[C@@H](OCCNC(=O)c2ccnc(-c3cc(C(=O)NCCO[C@H]4O[C@H](CO)[C@H](O)[C@H](O)[C@H]4NC(C)=O)ccn3)c2)O[C@H](CO)[C@H](O)[C@@H]1O. The standard InChI is InChI=1S/C32H44N6O14/c1-15(41)37-23-27(45)25(43)21(13-39)51-31(23)49-9-7-35-29(47)17-3-5-33-19(11-17)20-12-18(4-6-34-20)30(48)36-8-10-50-32-24(38-16(2)42)28(46)26(44)22(14-40)52-32/h3-6,11-12,21-28,31-32,39-40,43-46H,7-10,13-14H2,1-2H3,(H,35,47)(H,36,48)(H,37,41)(H,38,42)/t21-,22-,23-,24-,25+,26+,27-,28-,31+,32+/m1/s1. The minimum absolute atomic E-state index is 0.0193. The molecule has 2 aromatic rings. The maximum atomic E-state index is 12.9. The predicted octanol–water partition coefficient (Wildman–Crippen LogP) is -4.48. The summed E-state index contributed by atoms with van der Waals surface area (Å²) in [6, 6.07) is 3.61. The molecule has 52 heavy (non-hydrogen) atoms. The van der Waals surface area contributed by atoms with Crippen molar-refractivity contribution in [2.75, 3.05) is 39.5 Å². The van der Waals surface area contributed by atoms with Crippen molar-refractivity contribution in [3.8, 4) is 11.4 Å². The number of amides is 4. The van der Waals surface area contributed by atoms with Crippen LogP contribution >= 0.6 is 0 Å². The number of pyridine rings is 2. The summed E-state index contributed by atoms with van der Waals surface area (Å²) in [5.41, 5.74) is 1.00. The number of hydrogen-bond acceptors (Lipinski definition) is 16. The first-order valence-corrected chi connectivity index (χ1v) is 16.4. The molecule has 2 fully saturated rings. The number of rotatable bonds is 15. The summed E-state index contributed by atoms with van der Waals surface area (Å²) >= 11 is 0. The van der Waals surface area contributed by atoms with Gasteiger partial charge in [0, 0.05) is 50.5 Å². The summed E-state index contributed by atoms with van der Waals surface area (Å²) in [6.45, 7) is 0.950. The van der Waals surface area contributed by atoms with Gasteiger partial charge in [0.25, 0.3) is 11.8 Å². The summed E-state index contributed by atoms with van der Waals surface area (Å²) in [4.78, 5) is 57.5. The maximum Gasteiger partial charge on any atom is 0.251 e. The van der Waals surface area contributed by atoms with Gasteiger partial charge in [0.05, 0.1) is 37.8 Å². The number of aromatic nitrogens is 2. The second-order valence-electron chi connectivity index (χ2n) is 12.0. The van der Waals surface area contributed by atoms with E-state index in [1.165, 1.54) is 50.5 Å². The van der Waals surface area contributed by atoms with Gasteiger partial charge < -0.3 is 70.9 Å². The van der Waals surface area contributed by atoms with Gasteiger partial charge in [0.1, 0.15) is 48.7 Å². The van der Waals surface area contributed by atoms with E-state index < -0.39 is 98.1 Å². The number of hydrogen-bond donors (Lipinski definition) is 10. The third kappa shape index (κ3) is 10.4. The number of aliphatic hydroxyl groups excluding tert-OH is 6. The van der Waals surface area contributed by atoms with Crippen molar-refractivity contribution < 1.29 is 68.8 Å². The molecule has 0 spiro atoms. The first-order valence-electron chi connectivity index (χ1n) is 16.4. The fourth-order valence-corrected chi connectivity index (χ4v) is 5.53. The van der Waals surface area contributed by atoms with Crippen LogP contribution < -0.4 is 21.3 Å². The highest BCUT2D eigenvalue weighted by Crippen LogP contribution is 2.24. The van der Waals surface area contributed by atoms with Crippen LogP contribution in [0.5, 0.6) is 0 Å². The van der Waals surface area contributed by atoms with E-state index in [9.17, 15) is 49.8 Å². The molecule has 2 aliphatic heterocycles. The highest BCUT2D eigenvalue weighted by atomic mass is 16.7. The van der Waals surface area contributed by atoms with Crippen LogP contribution in [0, 0.1) is 0 Å². The third-order valence-electron chi connectivity index (χ3n) is 8.15. The monoisotopic (exact) mass is 736 g/mol. The number of carbonyl (C=O) groups excluding carboxylic acids is 4. The number of carbonyl (C=O) groups is 4. The molecule has 2 saturated heterocycles. The highest BCUT2D eigenvalue weighted by molar-refractivity contribution is 5.96. The first-order chi connectivity index (χ1) is 24.8. The topological polar surface area (TPSA) is 300 Å². The zero-order valence-corrected chi connectivity index (χ0v) is 28.3. The van der Waals surface area contributed by atoms with E-state index in [1.807, 2.05) is 0 Å². The van der Waals surface area contributed by atoms with Crippen LogP contribution in [0.2, 0.25) is 0 Å². The van der Waals surface area contributed by atoms with Crippen molar-refractivity contribution in [3.05, 3.63) is 47.8 Å². The van der Waals surface area contributed by atoms with E-state index in [0.717, 1.165) is 0 Å². The van der Waals surface area contributed by atoms with Crippen molar-refractivity contribution in [1.29, 1.82) is 0 Å². The third-order valence-corrected chi connectivity index (χ3v) is 8.15. The molecule has 0 aromatic carbocycles. The maximum absolute atomic E-state index is 12.9. The zero-order valence-electron chi connectivity index (χ0n) is 28.3. The Hall–Kier alpha value is -4.22. The van der Waals surface area contributed by atoms with Crippen LogP contribution in [0.25, 0.3) is 11.4 Å². The van der Waals surface area contributed by atoms with Gasteiger partial charge in [0.2, 0.25) is 11.8 Å². The molecule has 0 radical (unpaired) electrons. The zero-order chi connectivity index (χ0) is 37.9. The molecule has 4 amide bonds. The number of ether oxygens (including phenoxy) is 4. The van der Waals surface area contributed by atoms with Gasteiger partial charge in [-0.3, -0.25) is 29.1 Å². The molecular weight excluding hydrogens is 692 g/mol. The Kier molecular flexibility index (Phi) is 14.8. The minimum Gasteiger partial charge on any atom is -0.394 e. The molecule has 20 heteroatoms. The Labute approximate surface area is 297 Å². The second-order valence-corrected chi connectivity index (χ2v) is 12.0. The lowest BCUT2D eigenvalue weighted by molar-refractivity contribution is -0.269. The second kappa shape index (κ2) is 19.0. The van der Waals surface area contributed by atoms with Gasteiger partial charge in [-0.2, -0.15) is 0 Å². The average molecular weight is 737 g/mol. The average Bonchev–Trinajstić information content (AvgIpc) is 3.13. The summed E-state index contributed by atoms with van der Waals surface area (Å²) < 4.78 is 22.2. The van der Waals surface area contributed by atoms with Gasteiger partial charge in [-0.05, 0) is 24.3 Å². The number of nitrogens with zero attached hydrogens (tertiary/aromatic N) is 2. The Balaban J connectivity index is 1.29. The quantitative estimate of drug-likeness (QED) is 0.0771. The number of nitrogens with one attached hydrogen (secondary N) is 4. The van der Waals surface area contributed by atoms with E-state index in [2.05, 4.69) is 31.2 Å². The van der Waals surface area contributed by atoms with E-state index in [4.69, 9.17) is 18.9 Å². The van der Waals surface area contributed by atoms with E-state index in [1.54, 1.807) is 0 Å². The molecule has 10 N–H and O–H groups in total. The summed E-state index contributed by atoms with van der Waals surface area (Å²) in [6.07, 6.45) is -7.83. The van der Waals surface area contributed by atoms with Gasteiger partial charge in [-0.1, -0.05) is 0 Å². The van der Waals surface area contributed by atoms with Gasteiger partial charge in [-0.15, -0.1) is 0 Å². The first kappa shape index (κ1) is 40.5. The van der Waals surface area contributed by atoms with Crippen molar-refractivity contribution >= 4 is 23.6 Å². The van der Waals surface area contributed by atoms with Crippen molar-refractivity contribution in [1.82, 2.24) is 31.2 Å². The van der Waals surface area contributed by atoms with E-state index >= 15 is 0 Å². The smallest absolute Gasteiger partial charge is 0.251 e. The van der Waals surface area contributed by atoms with Gasteiger partial charge in [-0.25, -0.2) is 0 Å². The van der Waals surface area contributed by atoms with Crippen molar-refractivity contribution in [3.63, 3.8) is 0 Å². The highest BCUT2D eigenvalue weighted by Gasteiger charge is 2.46. The van der Waals surface area contributed by atoms with E-state index in [0.29, 0.717) is 0 Å². The van der Waals surface area contributed by atoms with E-state index in [-0.39, 0.29) is 48.8 Å². The fourth-order valence-electron chi connectivity index (χ4n) is 5.53. The van der Waals surface area contributed by atoms with Crippen LogP contribution in [-0.2, 0) is 28.5 Å². The molecular formula is C32H44N6O14. The van der Waals surface area contributed by atoms with Crippen LogP contribution in [0.1, 0.15) is 34.6 Å². The Bertz CT molecular complexity index is 1420. The minimum atomic E-state index is -1.47. The molecule has 4 heterocycles. The van der Waals surface area contributed by atoms with Crippen LogP contribution in [0.3, 0.4) is 0 Å². The molecule has 2 aliphatic rings. The predicted molar refractivity (Wildman–Crippen MR) is 175 cm³/mol. The molecule has 0 bridgehead atoms. The van der Waals surface area contributed by atoms with Crippen LogP contribution in [0.4, 0.5) is 0 Å². The molecule has 20 nitrogen and oxygen atoms in total. The Morgan fingerprint density at radius 3 is 1.40 bits per heavy atom. The van der Waals surface area contributed by atoms with Gasteiger partial charge >= 0.3 is 0 Å². The lowest BCUT2D eigenvalue weighted by Crippen LogP contribution is -2.64. The fraction of sp³-hybridized carbons (Fsp3) is 0.562. The molecule has 0 aliphatic carbocycles. The molecule has 0 unspecified atom stereocenters. The molecule has 286 valence electrons. The van der Waals surface area contributed by atoms with Crippen molar-refractivity contribution in [2.45, 2.75) is 75.1 Å². The van der Waals surface area contributed by atoms with Gasteiger partial charge in [0.15, 0.2) is 12.6 Å². The lowest BCUT2D eigenvalue weighted by Gasteiger charge is -2.42. The normalized spacial score (nSPS) is 28.8. The molecule has 10 atom stereocenters. The molecule has 0 saturated carbocycles. The summed E-state index contributed by atoms with van der Waals surface area (Å²) in [5, 5.41) is 70.2. The number of aliphatic hydroxyl groups is 6. The summed E-state index contributed by atoms with van der Waals surface area (Å²) in [7, 11) is 0. The Morgan fingerprint density at radius 1 is 0.673 bits per heavy atom.